The number of rotatable bonds is 6. The lowest BCUT2D eigenvalue weighted by Crippen LogP contribution is -2.38. The molecule has 1 aliphatic heterocycles. The molecule has 0 fully saturated rings. The van der Waals surface area contributed by atoms with Crippen LogP contribution >= 0.6 is 22.9 Å². The molecule has 3 aromatic rings. The number of thiazole rings is 1. The highest BCUT2D eigenvalue weighted by atomic mass is 35.5. The first-order valence-corrected chi connectivity index (χ1v) is 12.3. The Morgan fingerprint density at radius 1 is 1.35 bits per heavy atom. The van der Waals surface area contributed by atoms with E-state index in [1.54, 1.807) is 41.7 Å². The Balaban J connectivity index is 1.68. The lowest BCUT2D eigenvalue weighted by molar-refractivity contribution is -0.118. The maximum atomic E-state index is 12.3. The fraction of sp³-hybridized carbons (Fsp3) is 0.200. The molecule has 1 aliphatic rings. The Kier molecular flexibility index (Phi) is 5.78. The molecule has 1 N–H and O–H groups in total. The second-order valence-electron chi connectivity index (χ2n) is 6.83. The molecule has 1 aromatic carbocycles. The van der Waals surface area contributed by atoms with Gasteiger partial charge in [-0.1, -0.05) is 18.5 Å². The van der Waals surface area contributed by atoms with Crippen LogP contribution in [0.3, 0.4) is 0 Å². The van der Waals surface area contributed by atoms with Crippen LogP contribution in [0.5, 0.6) is 5.75 Å². The number of hydrogen-bond donors (Lipinski definition) is 1. The van der Waals surface area contributed by atoms with E-state index in [0.29, 0.717) is 28.8 Å². The number of ether oxygens (including phenoxy) is 1. The van der Waals surface area contributed by atoms with Gasteiger partial charge in [0, 0.05) is 11.1 Å². The van der Waals surface area contributed by atoms with Gasteiger partial charge >= 0.3 is 0 Å². The quantitative estimate of drug-likeness (QED) is 0.566. The number of furan rings is 1. The van der Waals surface area contributed by atoms with Crippen LogP contribution in [-0.4, -0.2) is 32.1 Å². The van der Waals surface area contributed by atoms with Gasteiger partial charge in [0.15, 0.2) is 5.75 Å². The Morgan fingerprint density at radius 2 is 2.16 bits per heavy atom. The minimum absolute atomic E-state index is 0.254. The molecule has 0 spiro atoms. The summed E-state index contributed by atoms with van der Waals surface area (Å²) in [6.45, 7) is 1.74. The first kappa shape index (κ1) is 21.4. The van der Waals surface area contributed by atoms with Gasteiger partial charge in [0.2, 0.25) is 15.9 Å². The van der Waals surface area contributed by atoms with E-state index in [1.807, 2.05) is 17.7 Å². The summed E-state index contributed by atoms with van der Waals surface area (Å²) in [4.78, 5) is 18.4. The van der Waals surface area contributed by atoms with Gasteiger partial charge in [-0.2, -0.15) is 0 Å². The summed E-state index contributed by atoms with van der Waals surface area (Å²) in [5.41, 5.74) is 2.28. The normalized spacial score (nSPS) is 15.4. The van der Waals surface area contributed by atoms with E-state index in [0.717, 1.165) is 27.1 Å². The number of carbonyl (C=O) groups excluding carboxylic acids is 1. The van der Waals surface area contributed by atoms with Crippen LogP contribution < -0.4 is 14.4 Å². The van der Waals surface area contributed by atoms with Crippen LogP contribution in [0.25, 0.3) is 16.3 Å². The number of amides is 1. The summed E-state index contributed by atoms with van der Waals surface area (Å²) in [5, 5.41) is 1.28. The van der Waals surface area contributed by atoms with Gasteiger partial charge in [0.05, 0.1) is 16.6 Å². The van der Waals surface area contributed by atoms with E-state index in [-0.39, 0.29) is 6.54 Å². The minimum Gasteiger partial charge on any atom is -0.469 e. The smallest absolute Gasteiger partial charge is 0.253 e. The van der Waals surface area contributed by atoms with Gasteiger partial charge in [0.1, 0.15) is 29.6 Å². The fourth-order valence-electron chi connectivity index (χ4n) is 3.04. The van der Waals surface area contributed by atoms with E-state index in [9.17, 15) is 13.2 Å². The number of nitrogens with zero attached hydrogens (tertiary/aromatic N) is 2. The molecule has 162 valence electrons. The van der Waals surface area contributed by atoms with Crippen molar-refractivity contribution < 1.29 is 22.4 Å². The first-order chi connectivity index (χ1) is 14.7. The lowest BCUT2D eigenvalue weighted by atomic mass is 10.2. The molecule has 0 saturated carbocycles. The number of anilines is 1. The predicted molar refractivity (Wildman–Crippen MR) is 121 cm³/mol. The van der Waals surface area contributed by atoms with Crippen molar-refractivity contribution in [2.45, 2.75) is 13.3 Å². The number of halogens is 1. The average molecular weight is 480 g/mol. The number of carbonyl (C=O) groups is 1. The number of sulfonamides is 1. The van der Waals surface area contributed by atoms with Crippen molar-refractivity contribution in [1.29, 1.82) is 0 Å². The van der Waals surface area contributed by atoms with Crippen molar-refractivity contribution in [2.75, 3.05) is 17.7 Å². The van der Waals surface area contributed by atoms with Crippen molar-refractivity contribution >= 4 is 60.8 Å². The van der Waals surface area contributed by atoms with Crippen LogP contribution in [0.2, 0.25) is 5.02 Å². The van der Waals surface area contributed by atoms with Crippen LogP contribution in [0.4, 0.5) is 5.69 Å². The fourth-order valence-corrected chi connectivity index (χ4v) is 4.57. The Morgan fingerprint density at radius 3 is 2.87 bits per heavy atom. The zero-order valence-corrected chi connectivity index (χ0v) is 19.0. The zero-order chi connectivity index (χ0) is 22.2. The van der Waals surface area contributed by atoms with Crippen LogP contribution in [0, 0.1) is 0 Å². The molecule has 31 heavy (non-hydrogen) atoms. The Bertz CT molecular complexity index is 1300. The van der Waals surface area contributed by atoms with Gasteiger partial charge in [-0.15, -0.1) is 11.3 Å². The molecule has 0 unspecified atom stereocenters. The van der Waals surface area contributed by atoms with Crippen molar-refractivity contribution in [1.82, 2.24) is 9.71 Å². The maximum absolute atomic E-state index is 12.3. The molecule has 0 bridgehead atoms. The first-order valence-electron chi connectivity index (χ1n) is 9.22. The summed E-state index contributed by atoms with van der Waals surface area (Å²) in [5.74, 6) is 0.224. The summed E-state index contributed by atoms with van der Waals surface area (Å²) in [7, 11) is -3.68. The molecule has 0 aliphatic carbocycles. The third-order valence-electron chi connectivity index (χ3n) is 4.37. The average Bonchev–Trinajstić information content (AvgIpc) is 3.34. The number of allylic oxidation sites excluding steroid dienone is 2. The third-order valence-corrected chi connectivity index (χ3v) is 6.15. The molecule has 0 atom stereocenters. The van der Waals surface area contributed by atoms with Crippen LogP contribution in [0.15, 0.2) is 52.7 Å². The van der Waals surface area contributed by atoms with Crippen molar-refractivity contribution in [3.05, 3.63) is 58.3 Å². The standard InChI is InChI=1S/C20H18ClN3O5S2/c1-3-12(6-19-22-14-10-28-11-17(14)30-19)7-20-24(9-18(25)23-31(2,26)27)15-8-13(21)4-5-16(15)29-20/h4-8,10-11H,3,9H2,1-2H3,(H,23,25)/b12-6+,20-7?. The highest BCUT2D eigenvalue weighted by molar-refractivity contribution is 7.89. The topological polar surface area (TPSA) is 102 Å². The van der Waals surface area contributed by atoms with E-state index in [2.05, 4.69) is 4.98 Å². The van der Waals surface area contributed by atoms with Gasteiger partial charge < -0.3 is 9.15 Å². The number of aromatic nitrogens is 1. The summed E-state index contributed by atoms with van der Waals surface area (Å²) in [6.07, 6.45) is 8.59. The zero-order valence-electron chi connectivity index (χ0n) is 16.6. The molecule has 4 rings (SSSR count). The highest BCUT2D eigenvalue weighted by Gasteiger charge is 2.29. The molecule has 1 amide bonds. The number of benzene rings is 1. The van der Waals surface area contributed by atoms with Crippen molar-refractivity contribution in [3.8, 4) is 5.75 Å². The molecule has 11 heteroatoms. The molecular formula is C20H18ClN3O5S2. The van der Waals surface area contributed by atoms with E-state index < -0.39 is 15.9 Å². The van der Waals surface area contributed by atoms with E-state index >= 15 is 0 Å². The molecule has 0 radical (unpaired) electrons. The van der Waals surface area contributed by atoms with Crippen LogP contribution in [0.1, 0.15) is 18.4 Å². The number of hydrogen-bond acceptors (Lipinski definition) is 8. The molecular weight excluding hydrogens is 462 g/mol. The summed E-state index contributed by atoms with van der Waals surface area (Å²) in [6, 6.07) is 5.05. The molecule has 3 heterocycles. The molecule has 8 nitrogen and oxygen atoms in total. The summed E-state index contributed by atoms with van der Waals surface area (Å²) >= 11 is 7.62. The van der Waals surface area contributed by atoms with Gasteiger partial charge in [-0.25, -0.2) is 13.4 Å². The predicted octanol–water partition coefficient (Wildman–Crippen LogP) is 4.15. The van der Waals surface area contributed by atoms with E-state index in [1.165, 1.54) is 11.3 Å². The Labute approximate surface area is 187 Å². The van der Waals surface area contributed by atoms with Gasteiger partial charge in [0.25, 0.3) is 5.91 Å². The van der Waals surface area contributed by atoms with E-state index in [4.69, 9.17) is 20.8 Å². The second-order valence-corrected chi connectivity index (χ2v) is 10.1. The van der Waals surface area contributed by atoms with Crippen molar-refractivity contribution in [2.24, 2.45) is 0 Å². The highest BCUT2D eigenvalue weighted by Crippen LogP contribution is 2.41. The lowest BCUT2D eigenvalue weighted by Gasteiger charge is -2.18. The summed E-state index contributed by atoms with van der Waals surface area (Å²) < 4.78 is 36.9. The van der Waals surface area contributed by atoms with Gasteiger partial charge in [-0.05, 0) is 36.3 Å². The van der Waals surface area contributed by atoms with Crippen LogP contribution in [-0.2, 0) is 14.8 Å². The largest absolute Gasteiger partial charge is 0.469 e. The molecule has 0 saturated heterocycles. The maximum Gasteiger partial charge on any atom is 0.253 e. The number of fused-ring (bicyclic) bond motifs is 2. The minimum atomic E-state index is -3.68. The van der Waals surface area contributed by atoms with Gasteiger partial charge in [-0.3, -0.25) is 14.4 Å². The second kappa shape index (κ2) is 8.37. The SMILES string of the molecule is CC/C(C=C1Oc2ccc(Cl)cc2N1CC(=O)NS(C)(=O)=O)=C\c1nc2cocc2s1. The third kappa shape index (κ3) is 4.92. The monoisotopic (exact) mass is 479 g/mol. The number of nitrogens with one attached hydrogen (secondary N) is 1. The molecule has 2 aromatic heterocycles. The van der Waals surface area contributed by atoms with Crippen molar-refractivity contribution in [3.63, 3.8) is 0 Å². The Hall–Kier alpha value is -2.82.